The molecule has 0 aliphatic heterocycles. The summed E-state index contributed by atoms with van der Waals surface area (Å²) in [6, 6.07) is 13.2. The fourth-order valence-corrected chi connectivity index (χ4v) is 2.78. The number of para-hydroxylation sites is 1. The van der Waals surface area contributed by atoms with E-state index in [1.165, 1.54) is 11.8 Å². The Morgan fingerprint density at radius 3 is 2.67 bits per heavy atom. The van der Waals surface area contributed by atoms with Gasteiger partial charge in [0.15, 0.2) is 0 Å². The third-order valence-corrected chi connectivity index (χ3v) is 4.37. The number of hydrogen-bond donors (Lipinski definition) is 2. The predicted molar refractivity (Wildman–Crippen MR) is 89.6 cm³/mol. The van der Waals surface area contributed by atoms with E-state index in [1.807, 2.05) is 49.4 Å². The first-order valence-electron chi connectivity index (χ1n) is 6.55. The molecule has 110 valence electrons. The number of nitrogen functional groups attached to an aromatic ring is 1. The van der Waals surface area contributed by atoms with Crippen molar-refractivity contribution in [3.8, 4) is 0 Å². The van der Waals surface area contributed by atoms with Crippen LogP contribution in [0.3, 0.4) is 0 Å². The molecule has 21 heavy (non-hydrogen) atoms. The predicted octanol–water partition coefficient (Wildman–Crippen LogP) is 3.64. The fourth-order valence-electron chi connectivity index (χ4n) is 1.78. The maximum Gasteiger partial charge on any atom is 0.230 e. The van der Waals surface area contributed by atoms with Crippen LogP contribution in [-0.4, -0.2) is 11.7 Å². The number of rotatable bonds is 5. The highest BCUT2D eigenvalue weighted by atomic mass is 35.5. The number of thioether (sulfide) groups is 1. The minimum absolute atomic E-state index is 0.0177. The summed E-state index contributed by atoms with van der Waals surface area (Å²) in [5.74, 6) is 0.331. The van der Waals surface area contributed by atoms with E-state index >= 15 is 0 Å². The summed E-state index contributed by atoms with van der Waals surface area (Å²) in [6.45, 7) is 2.46. The second-order valence-corrected chi connectivity index (χ2v) is 6.13. The standard InChI is InChI=1S/C16H17ClN2OS/c1-11-3-2-4-14(16(11)18)21-10-15(20)19-9-12-5-7-13(17)8-6-12/h2-8H,9-10,18H2,1H3,(H,19,20). The van der Waals surface area contributed by atoms with Crippen LogP contribution >= 0.6 is 23.4 Å². The highest BCUT2D eigenvalue weighted by molar-refractivity contribution is 8.00. The smallest absolute Gasteiger partial charge is 0.230 e. The van der Waals surface area contributed by atoms with Crippen molar-refractivity contribution in [1.29, 1.82) is 0 Å². The van der Waals surface area contributed by atoms with Gasteiger partial charge in [-0.3, -0.25) is 4.79 Å². The zero-order chi connectivity index (χ0) is 15.2. The molecule has 0 spiro atoms. The van der Waals surface area contributed by atoms with Crippen LogP contribution in [0.25, 0.3) is 0 Å². The van der Waals surface area contributed by atoms with Crippen molar-refractivity contribution in [1.82, 2.24) is 5.32 Å². The number of halogens is 1. The summed E-state index contributed by atoms with van der Waals surface area (Å²) < 4.78 is 0. The molecule has 0 aliphatic rings. The largest absolute Gasteiger partial charge is 0.398 e. The molecule has 0 saturated heterocycles. The minimum atomic E-state index is -0.0177. The minimum Gasteiger partial charge on any atom is -0.398 e. The quantitative estimate of drug-likeness (QED) is 0.653. The lowest BCUT2D eigenvalue weighted by Gasteiger charge is -2.08. The molecule has 2 rings (SSSR count). The van der Waals surface area contributed by atoms with Gasteiger partial charge in [0.05, 0.1) is 5.75 Å². The Bertz CT molecular complexity index is 629. The van der Waals surface area contributed by atoms with Crippen LogP contribution in [0.2, 0.25) is 5.02 Å². The molecule has 0 aromatic heterocycles. The molecule has 0 bridgehead atoms. The van der Waals surface area contributed by atoms with Crippen LogP contribution in [0.5, 0.6) is 0 Å². The number of amides is 1. The number of aryl methyl sites for hydroxylation is 1. The monoisotopic (exact) mass is 320 g/mol. The van der Waals surface area contributed by atoms with E-state index in [0.29, 0.717) is 17.3 Å². The van der Waals surface area contributed by atoms with E-state index in [1.54, 1.807) is 0 Å². The van der Waals surface area contributed by atoms with Gasteiger partial charge in [0.2, 0.25) is 5.91 Å². The van der Waals surface area contributed by atoms with Gasteiger partial charge in [0.25, 0.3) is 0 Å². The van der Waals surface area contributed by atoms with Crippen molar-refractivity contribution in [2.24, 2.45) is 0 Å². The topological polar surface area (TPSA) is 55.1 Å². The maximum atomic E-state index is 11.9. The van der Waals surface area contributed by atoms with Gasteiger partial charge in [-0.25, -0.2) is 0 Å². The summed E-state index contributed by atoms with van der Waals surface area (Å²) in [5, 5.41) is 3.57. The molecule has 0 heterocycles. The summed E-state index contributed by atoms with van der Waals surface area (Å²) in [7, 11) is 0. The number of nitrogens with one attached hydrogen (secondary N) is 1. The van der Waals surface area contributed by atoms with E-state index in [2.05, 4.69) is 5.32 Å². The highest BCUT2D eigenvalue weighted by Crippen LogP contribution is 2.27. The molecule has 0 saturated carbocycles. The summed E-state index contributed by atoms with van der Waals surface area (Å²) >= 11 is 7.27. The number of benzene rings is 2. The Labute approximate surface area is 133 Å². The van der Waals surface area contributed by atoms with Crippen LogP contribution < -0.4 is 11.1 Å². The Morgan fingerprint density at radius 1 is 1.24 bits per heavy atom. The van der Waals surface area contributed by atoms with Crippen LogP contribution in [0.1, 0.15) is 11.1 Å². The average Bonchev–Trinajstić information content (AvgIpc) is 2.48. The van der Waals surface area contributed by atoms with Gasteiger partial charge < -0.3 is 11.1 Å². The zero-order valence-corrected chi connectivity index (χ0v) is 13.3. The molecule has 5 heteroatoms. The zero-order valence-electron chi connectivity index (χ0n) is 11.7. The number of hydrogen-bond acceptors (Lipinski definition) is 3. The van der Waals surface area contributed by atoms with Crippen molar-refractivity contribution < 1.29 is 4.79 Å². The van der Waals surface area contributed by atoms with Gasteiger partial charge >= 0.3 is 0 Å². The molecule has 1 amide bonds. The van der Waals surface area contributed by atoms with Gasteiger partial charge in [0.1, 0.15) is 0 Å². The summed E-state index contributed by atoms with van der Waals surface area (Å²) in [6.07, 6.45) is 0. The van der Waals surface area contributed by atoms with Gasteiger partial charge in [-0.2, -0.15) is 0 Å². The van der Waals surface area contributed by atoms with Gasteiger partial charge in [-0.05, 0) is 36.2 Å². The molecular weight excluding hydrogens is 304 g/mol. The Hall–Kier alpha value is -1.65. The third kappa shape index (κ3) is 4.69. The molecule has 0 aliphatic carbocycles. The maximum absolute atomic E-state index is 11.9. The fraction of sp³-hybridized carbons (Fsp3) is 0.188. The lowest BCUT2D eigenvalue weighted by molar-refractivity contribution is -0.118. The molecule has 0 fully saturated rings. The third-order valence-electron chi connectivity index (χ3n) is 3.05. The Kier molecular flexibility index (Phi) is 5.53. The molecule has 3 N–H and O–H groups in total. The van der Waals surface area contributed by atoms with Gasteiger partial charge in [-0.1, -0.05) is 35.9 Å². The average molecular weight is 321 g/mol. The van der Waals surface area contributed by atoms with Crippen molar-refractivity contribution in [2.75, 3.05) is 11.5 Å². The molecule has 3 nitrogen and oxygen atoms in total. The Morgan fingerprint density at radius 2 is 1.95 bits per heavy atom. The summed E-state index contributed by atoms with van der Waals surface area (Å²) in [4.78, 5) is 12.8. The van der Waals surface area contributed by atoms with Crippen molar-refractivity contribution >= 4 is 35.0 Å². The lowest BCUT2D eigenvalue weighted by atomic mass is 10.2. The highest BCUT2D eigenvalue weighted by Gasteiger charge is 2.06. The number of carbonyl (C=O) groups excluding carboxylic acids is 1. The molecule has 0 unspecified atom stereocenters. The van der Waals surface area contributed by atoms with Crippen LogP contribution in [-0.2, 0) is 11.3 Å². The van der Waals surface area contributed by atoms with Crippen molar-refractivity contribution in [3.05, 3.63) is 58.6 Å². The molecule has 0 radical (unpaired) electrons. The van der Waals surface area contributed by atoms with Crippen LogP contribution in [0.15, 0.2) is 47.4 Å². The number of anilines is 1. The molecular formula is C16H17ClN2OS. The van der Waals surface area contributed by atoms with E-state index in [4.69, 9.17) is 17.3 Å². The van der Waals surface area contributed by atoms with Crippen molar-refractivity contribution in [2.45, 2.75) is 18.4 Å². The van der Waals surface area contributed by atoms with Crippen LogP contribution in [0, 0.1) is 6.92 Å². The van der Waals surface area contributed by atoms with Gasteiger partial charge in [0, 0.05) is 22.2 Å². The van der Waals surface area contributed by atoms with Gasteiger partial charge in [-0.15, -0.1) is 11.8 Å². The van der Waals surface area contributed by atoms with E-state index in [0.717, 1.165) is 21.7 Å². The summed E-state index contributed by atoms with van der Waals surface area (Å²) in [5.41, 5.74) is 8.78. The molecule has 2 aromatic rings. The number of nitrogens with two attached hydrogens (primary N) is 1. The SMILES string of the molecule is Cc1cccc(SCC(=O)NCc2ccc(Cl)cc2)c1N. The second-order valence-electron chi connectivity index (χ2n) is 4.68. The van der Waals surface area contributed by atoms with E-state index < -0.39 is 0 Å². The van der Waals surface area contributed by atoms with Crippen molar-refractivity contribution in [3.63, 3.8) is 0 Å². The first-order chi connectivity index (χ1) is 10.1. The first kappa shape index (κ1) is 15.7. The van der Waals surface area contributed by atoms with E-state index in [-0.39, 0.29) is 5.91 Å². The normalized spacial score (nSPS) is 10.4. The Balaban J connectivity index is 1.82. The number of carbonyl (C=O) groups is 1. The second kappa shape index (κ2) is 7.38. The molecule has 2 aromatic carbocycles. The van der Waals surface area contributed by atoms with Crippen LogP contribution in [0.4, 0.5) is 5.69 Å². The molecule has 0 atom stereocenters. The van der Waals surface area contributed by atoms with E-state index in [9.17, 15) is 4.79 Å². The first-order valence-corrected chi connectivity index (χ1v) is 7.91. The lowest BCUT2D eigenvalue weighted by Crippen LogP contribution is -2.24.